The summed E-state index contributed by atoms with van der Waals surface area (Å²) >= 11 is 4.81. The molecule has 0 spiro atoms. The van der Waals surface area contributed by atoms with Gasteiger partial charge in [0.15, 0.2) is 0 Å². The van der Waals surface area contributed by atoms with Gasteiger partial charge in [0.1, 0.15) is 5.25 Å². The van der Waals surface area contributed by atoms with Crippen LogP contribution in [0.3, 0.4) is 0 Å². The largest absolute Gasteiger partial charge is 0.392 e. The molecule has 2 unspecified atom stereocenters. The average Bonchev–Trinajstić information content (AvgIpc) is 2.28. The maximum atomic E-state index is 12.2. The van der Waals surface area contributed by atoms with Gasteiger partial charge in [-0.1, -0.05) is 49.0 Å². The third-order valence-electron chi connectivity index (χ3n) is 2.98. The highest BCUT2D eigenvalue weighted by Crippen LogP contribution is 2.16. The lowest BCUT2D eigenvalue weighted by molar-refractivity contribution is 0.560. The van der Waals surface area contributed by atoms with Gasteiger partial charge in [-0.2, -0.15) is 0 Å². The van der Waals surface area contributed by atoms with E-state index >= 15 is 0 Å². The molecule has 1 rings (SSSR count). The molecule has 4 nitrogen and oxygen atoms in total. The molecule has 2 atom stereocenters. The van der Waals surface area contributed by atoms with Crippen LogP contribution in [0.2, 0.25) is 0 Å². The molecule has 0 radical (unpaired) electrons. The van der Waals surface area contributed by atoms with Gasteiger partial charge < -0.3 is 5.73 Å². The molecule has 0 amide bonds. The van der Waals surface area contributed by atoms with Gasteiger partial charge in [0.25, 0.3) is 0 Å². The summed E-state index contributed by atoms with van der Waals surface area (Å²) in [6, 6.07) is 7.40. The first-order chi connectivity index (χ1) is 8.77. The SMILES string of the molecule is CCC(C(N)=S)S(=O)(=O)NC(C)c1ccc(C)cc1. The highest BCUT2D eigenvalue weighted by Gasteiger charge is 2.28. The molecular weight excluding hydrogens is 280 g/mol. The summed E-state index contributed by atoms with van der Waals surface area (Å²) in [7, 11) is -3.55. The van der Waals surface area contributed by atoms with E-state index in [9.17, 15) is 8.42 Å². The minimum absolute atomic E-state index is 0.00565. The summed E-state index contributed by atoms with van der Waals surface area (Å²) in [6.45, 7) is 5.53. The normalized spacial score (nSPS) is 14.9. The van der Waals surface area contributed by atoms with Crippen LogP contribution in [0.1, 0.15) is 37.4 Å². The highest BCUT2D eigenvalue weighted by molar-refractivity contribution is 7.93. The molecule has 106 valence electrons. The Balaban J connectivity index is 2.89. The molecular formula is C13H20N2O2S2. The Bertz CT molecular complexity index is 538. The second kappa shape index (κ2) is 6.45. The van der Waals surface area contributed by atoms with Crippen molar-refractivity contribution in [3.63, 3.8) is 0 Å². The van der Waals surface area contributed by atoms with Gasteiger partial charge in [0, 0.05) is 6.04 Å². The number of benzene rings is 1. The van der Waals surface area contributed by atoms with Crippen LogP contribution in [0.15, 0.2) is 24.3 Å². The van der Waals surface area contributed by atoms with Crippen molar-refractivity contribution in [2.75, 3.05) is 0 Å². The number of sulfonamides is 1. The van der Waals surface area contributed by atoms with Gasteiger partial charge in [-0.05, 0) is 25.8 Å². The van der Waals surface area contributed by atoms with Crippen molar-refractivity contribution in [2.45, 2.75) is 38.5 Å². The van der Waals surface area contributed by atoms with Crippen LogP contribution in [-0.4, -0.2) is 18.7 Å². The van der Waals surface area contributed by atoms with Crippen LogP contribution in [0.25, 0.3) is 0 Å². The molecule has 1 aromatic rings. The predicted octanol–water partition coefficient (Wildman–Crippen LogP) is 2.04. The minimum atomic E-state index is -3.55. The summed E-state index contributed by atoms with van der Waals surface area (Å²) in [5.41, 5.74) is 7.52. The van der Waals surface area contributed by atoms with Gasteiger partial charge >= 0.3 is 0 Å². The summed E-state index contributed by atoms with van der Waals surface area (Å²) in [6.07, 6.45) is 0.366. The van der Waals surface area contributed by atoms with E-state index in [0.29, 0.717) is 6.42 Å². The minimum Gasteiger partial charge on any atom is -0.392 e. The third-order valence-corrected chi connectivity index (χ3v) is 5.43. The Morgan fingerprint density at radius 1 is 1.37 bits per heavy atom. The second-order valence-electron chi connectivity index (χ2n) is 4.59. The standard InChI is InChI=1S/C13H20N2O2S2/c1-4-12(13(14)18)19(16,17)15-10(3)11-7-5-9(2)6-8-11/h5-8,10,12,15H,4H2,1-3H3,(H2,14,18). The number of rotatable bonds is 6. The first-order valence-electron chi connectivity index (χ1n) is 6.15. The average molecular weight is 300 g/mol. The molecule has 0 heterocycles. The Morgan fingerprint density at radius 2 is 1.89 bits per heavy atom. The van der Waals surface area contributed by atoms with Crippen molar-refractivity contribution in [3.8, 4) is 0 Å². The van der Waals surface area contributed by atoms with Crippen LogP contribution in [-0.2, 0) is 10.0 Å². The van der Waals surface area contributed by atoms with Crippen molar-refractivity contribution in [2.24, 2.45) is 5.73 Å². The zero-order valence-corrected chi connectivity index (χ0v) is 13.0. The lowest BCUT2D eigenvalue weighted by Gasteiger charge is -2.20. The lowest BCUT2D eigenvalue weighted by Crippen LogP contribution is -2.42. The number of nitrogens with one attached hydrogen (secondary N) is 1. The molecule has 0 aliphatic rings. The van der Waals surface area contributed by atoms with E-state index in [0.717, 1.165) is 11.1 Å². The van der Waals surface area contributed by atoms with E-state index in [1.54, 1.807) is 13.8 Å². The van der Waals surface area contributed by atoms with Crippen LogP contribution >= 0.6 is 12.2 Å². The fourth-order valence-electron chi connectivity index (χ4n) is 1.83. The van der Waals surface area contributed by atoms with E-state index in [2.05, 4.69) is 4.72 Å². The molecule has 6 heteroatoms. The van der Waals surface area contributed by atoms with E-state index in [-0.39, 0.29) is 11.0 Å². The molecule has 0 aromatic heterocycles. The predicted molar refractivity (Wildman–Crippen MR) is 82.5 cm³/mol. The van der Waals surface area contributed by atoms with Gasteiger partial charge in [-0.25, -0.2) is 13.1 Å². The number of thiocarbonyl (C=S) groups is 1. The molecule has 0 fully saturated rings. The molecule has 1 aromatic carbocycles. The Kier molecular flexibility index (Phi) is 5.46. The summed E-state index contributed by atoms with van der Waals surface area (Å²) in [5.74, 6) is 0. The molecule has 3 N–H and O–H groups in total. The van der Waals surface area contributed by atoms with E-state index in [1.165, 1.54) is 0 Å². The number of aryl methyl sites for hydroxylation is 1. The van der Waals surface area contributed by atoms with Crippen molar-refractivity contribution in [3.05, 3.63) is 35.4 Å². The molecule has 0 aliphatic heterocycles. The Labute approximate surface area is 120 Å². The molecule has 0 aliphatic carbocycles. The number of nitrogens with two attached hydrogens (primary N) is 1. The Hall–Kier alpha value is -0.980. The maximum absolute atomic E-state index is 12.2. The van der Waals surface area contributed by atoms with Gasteiger partial charge in [-0.15, -0.1) is 0 Å². The first kappa shape index (κ1) is 16.1. The van der Waals surface area contributed by atoms with E-state index < -0.39 is 15.3 Å². The van der Waals surface area contributed by atoms with Crippen molar-refractivity contribution >= 4 is 27.2 Å². The zero-order valence-electron chi connectivity index (χ0n) is 11.4. The van der Waals surface area contributed by atoms with Gasteiger partial charge in [0.2, 0.25) is 10.0 Å². The van der Waals surface area contributed by atoms with Crippen LogP contribution in [0.4, 0.5) is 0 Å². The fourth-order valence-corrected chi connectivity index (χ4v) is 3.91. The molecule has 19 heavy (non-hydrogen) atoms. The highest BCUT2D eigenvalue weighted by atomic mass is 32.2. The number of hydrogen-bond acceptors (Lipinski definition) is 3. The zero-order chi connectivity index (χ0) is 14.6. The summed E-state index contributed by atoms with van der Waals surface area (Å²) < 4.78 is 27.0. The van der Waals surface area contributed by atoms with E-state index in [1.807, 2.05) is 31.2 Å². The monoisotopic (exact) mass is 300 g/mol. The lowest BCUT2D eigenvalue weighted by atomic mass is 10.1. The second-order valence-corrected chi connectivity index (χ2v) is 6.96. The molecule has 0 saturated heterocycles. The topological polar surface area (TPSA) is 72.2 Å². The molecule has 0 bridgehead atoms. The maximum Gasteiger partial charge on any atom is 0.221 e. The smallest absolute Gasteiger partial charge is 0.221 e. The van der Waals surface area contributed by atoms with Gasteiger partial charge in [0.05, 0.1) is 4.99 Å². The van der Waals surface area contributed by atoms with Crippen LogP contribution < -0.4 is 10.5 Å². The molecule has 0 saturated carbocycles. The van der Waals surface area contributed by atoms with Crippen molar-refractivity contribution < 1.29 is 8.42 Å². The summed E-state index contributed by atoms with van der Waals surface area (Å²) in [4.78, 5) is 0.00565. The first-order valence-corrected chi connectivity index (χ1v) is 8.10. The summed E-state index contributed by atoms with van der Waals surface area (Å²) in [5, 5.41) is -0.824. The number of hydrogen-bond donors (Lipinski definition) is 2. The van der Waals surface area contributed by atoms with Crippen molar-refractivity contribution in [1.29, 1.82) is 0 Å². The van der Waals surface area contributed by atoms with Crippen LogP contribution in [0.5, 0.6) is 0 Å². The van der Waals surface area contributed by atoms with Crippen molar-refractivity contribution in [1.82, 2.24) is 4.72 Å². The van der Waals surface area contributed by atoms with E-state index in [4.69, 9.17) is 18.0 Å². The quantitative estimate of drug-likeness (QED) is 0.789. The Morgan fingerprint density at radius 3 is 2.32 bits per heavy atom. The fraction of sp³-hybridized carbons (Fsp3) is 0.462. The van der Waals surface area contributed by atoms with Crippen LogP contribution in [0, 0.1) is 6.92 Å². The van der Waals surface area contributed by atoms with Gasteiger partial charge in [-0.3, -0.25) is 0 Å². The third kappa shape index (κ3) is 4.26.